The van der Waals surface area contributed by atoms with Crippen LogP contribution in [0.3, 0.4) is 0 Å². The molecule has 0 spiro atoms. The minimum atomic E-state index is -2.45. The zero-order valence-electron chi connectivity index (χ0n) is 63.6. The lowest BCUT2D eigenvalue weighted by molar-refractivity contribution is -0.156. The Kier molecular flexibility index (Phi) is 39.2. The molecule has 13 atom stereocenters. The molecule has 1 saturated heterocycles. The van der Waals surface area contributed by atoms with Crippen LogP contribution in [0.5, 0.6) is 0 Å². The molecule has 4 rings (SSSR count). The zero-order valence-corrected chi connectivity index (χ0v) is 63.6. The van der Waals surface area contributed by atoms with Gasteiger partial charge in [-0.3, -0.25) is 91.1 Å². The van der Waals surface area contributed by atoms with Crippen molar-refractivity contribution in [2.24, 2.45) is 17.4 Å². The summed E-state index contributed by atoms with van der Waals surface area (Å²) < 4.78 is 5.68. The molecule has 0 aliphatic carbocycles. The van der Waals surface area contributed by atoms with Crippen molar-refractivity contribution in [2.45, 2.75) is 209 Å². The number of aromatic nitrogens is 1. The Balaban J connectivity index is 1.87. The number of cyclic esters (lactones) is 1. The fraction of sp³-hybridized carbons (Fsp3) is 0.528. The largest absolute Gasteiger partial charge is 0.481 e. The van der Waals surface area contributed by atoms with Gasteiger partial charge in [-0.25, -0.2) is 4.79 Å². The van der Waals surface area contributed by atoms with Crippen molar-refractivity contribution in [3.63, 3.8) is 0 Å². The predicted octanol–water partition coefficient (Wildman–Crippen LogP) is -5.62. The van der Waals surface area contributed by atoms with E-state index in [1.165, 1.54) is 24.3 Å². The summed E-state index contributed by atoms with van der Waals surface area (Å²) in [5.41, 5.74) is 18.1. The molecule has 3 aromatic rings. The standard InChI is InChI=1S/C72H101N17O26/c1-5-6-7-8-9-10-11-22-53(93)81-44(25-38-31-76-42-20-15-13-17-39(38)42)66(108)84-45(27-52(75)92)67(109)86-48(30-59(102)103)68(110)89-61-37(4)115-72(114)49(26-51(91)40-18-12-14-19-41(40)74)87-71(113)60(35(2)24-56(96)97)88-69(111)50(34-90)82-55(95)32-77-63(105)46(28-57(98)99)83-62(104)36(3)79-65(107)47(29-58(100)101)85-64(106)43(21-16-23-73)80-54(94)33-78-70(61)112/h12-15,17-20,31,35-37,43-50,60-61,76,90H,5-11,16,21-30,32-34,73-74H2,1-4H3,(H2,75,92)(H,77,105)(H,78,112)(H,79,107)(H,80,94)(H,81,93)(H,82,95)(H,83,104)(H,84,108)(H,85,106)(H,86,109)(H,87,113)(H,88,111)(H,89,110)(H,96,97)(H,98,99)(H,100,101)(H,102,103)/t35-,36-,37-,43+,44+,45-,46+,47+,48+,49+,50-,60-,61+/m1/s1. The zero-order chi connectivity index (χ0) is 85.8. The Labute approximate surface area is 657 Å². The molecule has 2 heterocycles. The first kappa shape index (κ1) is 94.7. The Morgan fingerprint density at radius 3 is 1.69 bits per heavy atom. The summed E-state index contributed by atoms with van der Waals surface area (Å²) in [5.74, 6) is -29.7. The summed E-state index contributed by atoms with van der Waals surface area (Å²) in [4.78, 5) is 276. The second kappa shape index (κ2) is 47.6. The average Bonchev–Trinajstić information content (AvgIpc) is 1.72. The molecule has 0 bridgehead atoms. The number of ether oxygens (including phenoxy) is 1. The number of primary amides is 1. The number of rotatable bonds is 35. The predicted molar refractivity (Wildman–Crippen MR) is 400 cm³/mol. The quantitative estimate of drug-likeness (QED) is 0.0113. The molecule has 1 fully saturated rings. The number of anilines is 1. The number of aliphatic hydroxyl groups excluding tert-OH is 1. The van der Waals surface area contributed by atoms with Crippen molar-refractivity contribution in [1.82, 2.24) is 74.1 Å². The number of unbranched alkanes of at least 4 members (excludes halogenated alkanes) is 6. The van der Waals surface area contributed by atoms with Gasteiger partial charge in [0.05, 0.1) is 51.8 Å². The number of carbonyl (C=O) groups is 20. The molecule has 0 radical (unpaired) electrons. The highest BCUT2D eigenvalue weighted by molar-refractivity contribution is 6.05. The van der Waals surface area contributed by atoms with Gasteiger partial charge >= 0.3 is 29.8 Å². The Bertz CT molecular complexity index is 4040. The van der Waals surface area contributed by atoms with E-state index in [0.29, 0.717) is 29.3 Å². The number of hydrogen-bond acceptors (Lipinski definition) is 24. The first-order chi connectivity index (χ1) is 54.4. The summed E-state index contributed by atoms with van der Waals surface area (Å²) in [7, 11) is 0. The third kappa shape index (κ3) is 32.5. The van der Waals surface area contributed by atoms with E-state index >= 15 is 0 Å². The molecule has 43 heteroatoms. The number of carboxylic acids is 4. The molecule has 0 saturated carbocycles. The number of esters is 1. The van der Waals surface area contributed by atoms with Gasteiger partial charge in [-0.15, -0.1) is 0 Å². The van der Waals surface area contributed by atoms with E-state index < -0.39 is 261 Å². The number of fused-ring (bicyclic) bond motifs is 1. The summed E-state index contributed by atoms with van der Waals surface area (Å²) in [6, 6.07) is -10.5. The van der Waals surface area contributed by atoms with Crippen LogP contribution in [0.15, 0.2) is 54.7 Å². The van der Waals surface area contributed by atoms with E-state index in [2.05, 4.69) is 65.1 Å². The summed E-state index contributed by atoms with van der Waals surface area (Å²) >= 11 is 0. The van der Waals surface area contributed by atoms with E-state index in [0.717, 1.165) is 52.9 Å². The number of benzene rings is 2. The van der Waals surface area contributed by atoms with Crippen molar-refractivity contribution < 1.29 is 126 Å². The van der Waals surface area contributed by atoms with Crippen molar-refractivity contribution in [3.05, 3.63) is 65.9 Å². The van der Waals surface area contributed by atoms with E-state index in [-0.39, 0.29) is 37.1 Å². The van der Waals surface area contributed by atoms with Crippen LogP contribution in [0, 0.1) is 5.92 Å². The van der Waals surface area contributed by atoms with Gasteiger partial charge in [0, 0.05) is 47.6 Å². The van der Waals surface area contributed by atoms with E-state index in [4.69, 9.17) is 21.9 Å². The number of H-pyrrole nitrogens is 1. The van der Waals surface area contributed by atoms with Crippen molar-refractivity contribution >= 4 is 135 Å². The minimum absolute atomic E-state index is 0.0186. The maximum atomic E-state index is 14.8. The first-order valence-electron chi connectivity index (χ1n) is 36.8. The second-order valence-corrected chi connectivity index (χ2v) is 27.2. The lowest BCUT2D eigenvalue weighted by atomic mass is 9.96. The van der Waals surface area contributed by atoms with Crippen LogP contribution in [0.2, 0.25) is 0 Å². The Morgan fingerprint density at radius 2 is 1.09 bits per heavy atom. The molecule has 43 nitrogen and oxygen atoms in total. The van der Waals surface area contributed by atoms with Gasteiger partial charge in [-0.1, -0.05) is 82.7 Å². The van der Waals surface area contributed by atoms with Gasteiger partial charge in [-0.05, 0) is 69.3 Å². The van der Waals surface area contributed by atoms with Crippen LogP contribution in [-0.2, 0) is 102 Å². The van der Waals surface area contributed by atoms with Crippen molar-refractivity contribution in [2.75, 3.05) is 32.0 Å². The number of aliphatic hydroxyl groups is 1. The van der Waals surface area contributed by atoms with Crippen LogP contribution in [-0.4, -0.2) is 248 Å². The normalized spacial score (nSPS) is 21.2. The first-order valence-corrected chi connectivity index (χ1v) is 36.8. The van der Waals surface area contributed by atoms with Gasteiger partial charge < -0.3 is 122 Å². The van der Waals surface area contributed by atoms with Gasteiger partial charge in [0.1, 0.15) is 72.6 Å². The summed E-state index contributed by atoms with van der Waals surface area (Å²) in [6.07, 6.45) is -2.33. The molecular weight excluding hydrogens is 1520 g/mol. The van der Waals surface area contributed by atoms with Crippen LogP contribution in [0.4, 0.5) is 5.69 Å². The van der Waals surface area contributed by atoms with Crippen LogP contribution < -0.4 is 86.3 Å². The number of carboxylic acid groups (broad SMARTS) is 4. The number of aliphatic carboxylic acids is 4. The summed E-state index contributed by atoms with van der Waals surface area (Å²) in [6.45, 7) is 1.11. The number of para-hydroxylation sites is 2. The van der Waals surface area contributed by atoms with Gasteiger partial charge in [-0.2, -0.15) is 0 Å². The van der Waals surface area contributed by atoms with Gasteiger partial charge in [0.15, 0.2) is 5.78 Å². The highest BCUT2D eigenvalue weighted by atomic mass is 16.5. The smallest absolute Gasteiger partial charge is 0.329 e. The third-order valence-corrected chi connectivity index (χ3v) is 17.9. The molecule has 1 aliphatic heterocycles. The minimum Gasteiger partial charge on any atom is -0.481 e. The SMILES string of the molecule is CCCCCCCCCC(=O)N[C@@H](Cc1c[nH]c2ccccc12)C(=O)N[C@H](CC(N)=O)C(=O)N[C@@H](CC(=O)O)C(=O)N[C@@H]1C(=O)NCC(=O)N[C@@H](CCCN)C(=O)N[C@@H](CC(=O)O)C(=O)N[C@H](C)C(=O)N[C@@H](CC(=O)O)C(=O)NCC(=O)N[C@H](CO)C(=O)N[C@H]([C@H](C)CC(=O)O)C(=O)N[C@@H](CC(=O)c2ccccc2N)C(=O)O[C@@H]1C. The highest BCUT2D eigenvalue weighted by Gasteiger charge is 2.41. The third-order valence-electron chi connectivity index (χ3n) is 17.9. The fourth-order valence-corrected chi connectivity index (χ4v) is 11.7. The van der Waals surface area contributed by atoms with Crippen LogP contribution in [0.25, 0.3) is 10.9 Å². The molecule has 630 valence electrons. The topological polar surface area (TPSA) is 702 Å². The van der Waals surface area contributed by atoms with Crippen molar-refractivity contribution in [3.8, 4) is 0 Å². The molecule has 14 amide bonds. The van der Waals surface area contributed by atoms with E-state index in [1.54, 1.807) is 30.5 Å². The van der Waals surface area contributed by atoms with Crippen LogP contribution in [0.1, 0.15) is 146 Å². The fourth-order valence-electron chi connectivity index (χ4n) is 11.7. The number of aromatic amines is 1. The monoisotopic (exact) mass is 1620 g/mol. The Morgan fingerprint density at radius 1 is 0.548 bits per heavy atom. The maximum Gasteiger partial charge on any atom is 0.329 e. The number of carbonyl (C=O) groups excluding carboxylic acids is 16. The van der Waals surface area contributed by atoms with Gasteiger partial charge in [0.25, 0.3) is 0 Å². The van der Waals surface area contributed by atoms with Gasteiger partial charge in [0.2, 0.25) is 82.7 Å². The molecule has 115 heavy (non-hydrogen) atoms. The number of nitrogens with two attached hydrogens (primary N) is 3. The molecule has 2 aromatic carbocycles. The molecule has 1 aliphatic rings. The lowest BCUT2D eigenvalue weighted by Gasteiger charge is -2.30. The van der Waals surface area contributed by atoms with E-state index in [1.807, 2.05) is 16.0 Å². The molecular formula is C72H101N17O26. The number of ketones is 1. The maximum absolute atomic E-state index is 14.8. The number of nitrogens with one attached hydrogen (secondary N) is 14. The Hall–Kier alpha value is -12.7. The van der Waals surface area contributed by atoms with Crippen LogP contribution >= 0.6 is 0 Å². The number of Topliss-reactive ketones (excluding diaryl/α,β-unsaturated/α-hetero) is 1. The lowest BCUT2D eigenvalue weighted by Crippen LogP contribution is -2.62. The molecule has 25 N–H and O–H groups in total. The number of nitrogen functional groups attached to an aromatic ring is 1. The molecule has 1 aromatic heterocycles. The number of amides is 14. The summed E-state index contributed by atoms with van der Waals surface area (Å²) in [5, 5.41) is 78.7. The second-order valence-electron chi connectivity index (χ2n) is 27.2. The van der Waals surface area contributed by atoms with Crippen molar-refractivity contribution in [1.29, 1.82) is 0 Å². The average molecular weight is 1620 g/mol. The van der Waals surface area contributed by atoms with E-state index in [9.17, 15) is 121 Å². The number of hydrogen-bond donors (Lipinski definition) is 22. The molecule has 0 unspecified atom stereocenters. The highest BCUT2D eigenvalue weighted by Crippen LogP contribution is 2.22.